The molecule has 0 spiro atoms. The van der Waals surface area contributed by atoms with Gasteiger partial charge in [-0.1, -0.05) is 18.2 Å². The predicted octanol–water partition coefficient (Wildman–Crippen LogP) is 2.23. The summed E-state index contributed by atoms with van der Waals surface area (Å²) in [5.41, 5.74) is 1.32. The van der Waals surface area contributed by atoms with E-state index in [1.165, 1.54) is 6.20 Å². The Labute approximate surface area is 87.7 Å². The zero-order valence-electron chi connectivity index (χ0n) is 8.14. The van der Waals surface area contributed by atoms with Gasteiger partial charge in [-0.25, -0.2) is 4.79 Å². The van der Waals surface area contributed by atoms with Gasteiger partial charge < -0.3 is 4.74 Å². The molecule has 1 heterocycles. The van der Waals surface area contributed by atoms with Crippen molar-refractivity contribution < 1.29 is 9.53 Å². The summed E-state index contributed by atoms with van der Waals surface area (Å²) < 4.78 is 4.79. The van der Waals surface area contributed by atoms with Crippen LogP contribution in [0.4, 0.5) is 0 Å². The second-order valence-corrected chi connectivity index (χ2v) is 3.05. The summed E-state index contributed by atoms with van der Waals surface area (Å²) in [7, 11) is 0. The summed E-state index contributed by atoms with van der Waals surface area (Å²) in [5, 5.41) is 0.927. The van der Waals surface area contributed by atoms with Crippen LogP contribution in [0.3, 0.4) is 0 Å². The van der Waals surface area contributed by atoms with Crippen LogP contribution in [0.1, 0.15) is 10.4 Å². The minimum Gasteiger partial charge on any atom is -0.462 e. The van der Waals surface area contributed by atoms with Crippen molar-refractivity contribution >= 4 is 16.9 Å². The van der Waals surface area contributed by atoms with Gasteiger partial charge in [0.1, 0.15) is 0 Å². The monoisotopic (exact) mass is 200 g/mol. The highest BCUT2D eigenvalue weighted by molar-refractivity contribution is 5.93. The molecule has 0 atom stereocenters. The molecule has 1 radical (unpaired) electrons. The number of benzene rings is 1. The number of fused-ring (bicyclic) bond motifs is 1. The van der Waals surface area contributed by atoms with E-state index >= 15 is 0 Å². The first-order valence-electron chi connectivity index (χ1n) is 4.62. The van der Waals surface area contributed by atoms with Crippen molar-refractivity contribution in [2.75, 3.05) is 6.61 Å². The van der Waals surface area contributed by atoms with E-state index in [0.29, 0.717) is 5.56 Å². The summed E-state index contributed by atoms with van der Waals surface area (Å²) in [5.74, 6) is -0.386. The van der Waals surface area contributed by atoms with Crippen LogP contribution >= 0.6 is 0 Å². The lowest BCUT2D eigenvalue weighted by Gasteiger charge is -2.02. The van der Waals surface area contributed by atoms with E-state index in [1.54, 1.807) is 6.07 Å². The van der Waals surface area contributed by atoms with Gasteiger partial charge in [-0.3, -0.25) is 4.98 Å². The first-order valence-corrected chi connectivity index (χ1v) is 4.62. The number of pyridine rings is 1. The van der Waals surface area contributed by atoms with Crippen molar-refractivity contribution in [1.82, 2.24) is 4.98 Å². The summed E-state index contributed by atoms with van der Waals surface area (Å²) in [4.78, 5) is 15.5. The van der Waals surface area contributed by atoms with E-state index in [0.717, 1.165) is 10.9 Å². The number of aromatic nitrogens is 1. The smallest absolute Gasteiger partial charge is 0.339 e. The molecule has 15 heavy (non-hydrogen) atoms. The first kappa shape index (κ1) is 9.65. The highest BCUT2D eigenvalue weighted by Gasteiger charge is 2.06. The minimum absolute atomic E-state index is 0.131. The van der Waals surface area contributed by atoms with Crippen molar-refractivity contribution in [1.29, 1.82) is 0 Å². The van der Waals surface area contributed by atoms with E-state index in [-0.39, 0.29) is 12.6 Å². The van der Waals surface area contributed by atoms with Crippen LogP contribution < -0.4 is 0 Å². The Morgan fingerprint density at radius 3 is 3.00 bits per heavy atom. The second kappa shape index (κ2) is 4.09. The quantitative estimate of drug-likeness (QED) is 0.698. The van der Waals surface area contributed by atoms with Gasteiger partial charge in [-0.05, 0) is 19.1 Å². The number of hydrogen-bond acceptors (Lipinski definition) is 3. The van der Waals surface area contributed by atoms with E-state index in [1.807, 2.05) is 24.3 Å². The maximum Gasteiger partial charge on any atom is 0.339 e. The molecule has 0 aliphatic rings. The molecule has 0 aliphatic carbocycles. The van der Waals surface area contributed by atoms with Gasteiger partial charge in [0.2, 0.25) is 0 Å². The Balaban J connectivity index is 2.42. The largest absolute Gasteiger partial charge is 0.462 e. The standard InChI is InChI=1S/C12H10NO2/c1-2-15-12(14)10-7-9-5-3-4-6-11(9)13-8-10/h3-8H,1-2H2. The molecule has 3 heteroatoms. The molecule has 0 unspecified atom stereocenters. The summed E-state index contributed by atoms with van der Waals surface area (Å²) in [6.45, 7) is 3.58. The molecule has 3 nitrogen and oxygen atoms in total. The highest BCUT2D eigenvalue weighted by atomic mass is 16.5. The van der Waals surface area contributed by atoms with Gasteiger partial charge in [0.05, 0.1) is 17.7 Å². The lowest BCUT2D eigenvalue weighted by molar-refractivity contribution is 0.0547. The molecule has 1 aromatic heterocycles. The molecule has 75 valence electrons. The highest BCUT2D eigenvalue weighted by Crippen LogP contribution is 2.13. The molecule has 0 bridgehead atoms. The maximum atomic E-state index is 11.4. The Morgan fingerprint density at radius 2 is 2.20 bits per heavy atom. The van der Waals surface area contributed by atoms with Crippen molar-refractivity contribution in [3.05, 3.63) is 49.0 Å². The molecule has 2 rings (SSSR count). The van der Waals surface area contributed by atoms with Crippen molar-refractivity contribution in [3.63, 3.8) is 0 Å². The predicted molar refractivity (Wildman–Crippen MR) is 57.4 cm³/mol. The fraction of sp³-hybridized carbons (Fsp3) is 0.0833. The number of ether oxygens (including phenoxy) is 1. The van der Waals surface area contributed by atoms with Crippen molar-refractivity contribution in [2.45, 2.75) is 0 Å². The van der Waals surface area contributed by atoms with Crippen LogP contribution in [0.25, 0.3) is 10.9 Å². The molecule has 0 saturated heterocycles. The average Bonchev–Trinajstić information content (AvgIpc) is 2.29. The molecule has 0 amide bonds. The number of esters is 1. The lowest BCUT2D eigenvalue weighted by atomic mass is 10.1. The topological polar surface area (TPSA) is 39.2 Å². The Bertz CT molecular complexity index is 494. The molecule has 0 N–H and O–H groups in total. The normalized spacial score (nSPS) is 10.2. The number of para-hydroxylation sites is 1. The van der Waals surface area contributed by atoms with E-state index < -0.39 is 0 Å². The maximum absolute atomic E-state index is 11.4. The minimum atomic E-state index is -0.386. The molecule has 0 aliphatic heterocycles. The van der Waals surface area contributed by atoms with Crippen molar-refractivity contribution in [2.24, 2.45) is 0 Å². The van der Waals surface area contributed by atoms with Gasteiger partial charge >= 0.3 is 5.97 Å². The number of carbonyl (C=O) groups is 1. The molecule has 0 fully saturated rings. The van der Waals surface area contributed by atoms with E-state index in [4.69, 9.17) is 4.74 Å². The average molecular weight is 200 g/mol. The Morgan fingerprint density at radius 1 is 1.40 bits per heavy atom. The third-order valence-corrected chi connectivity index (χ3v) is 2.06. The summed E-state index contributed by atoms with van der Waals surface area (Å²) in [6.07, 6.45) is 1.51. The molecular weight excluding hydrogens is 190 g/mol. The fourth-order valence-electron chi connectivity index (χ4n) is 1.36. The zero-order chi connectivity index (χ0) is 10.7. The van der Waals surface area contributed by atoms with Crippen molar-refractivity contribution in [3.8, 4) is 0 Å². The molecule has 2 aromatic rings. The van der Waals surface area contributed by atoms with Gasteiger partial charge in [0.25, 0.3) is 0 Å². The fourth-order valence-corrected chi connectivity index (χ4v) is 1.36. The number of nitrogens with zero attached hydrogens (tertiary/aromatic N) is 1. The molecular formula is C12H10NO2. The first-order chi connectivity index (χ1) is 7.31. The van der Waals surface area contributed by atoms with Gasteiger partial charge in [-0.15, -0.1) is 0 Å². The summed E-state index contributed by atoms with van der Waals surface area (Å²) >= 11 is 0. The Hall–Kier alpha value is -1.90. The SMILES string of the molecule is [CH2]COC(=O)c1cnc2ccccc2c1. The van der Waals surface area contributed by atoms with Crippen LogP contribution in [-0.2, 0) is 4.74 Å². The number of rotatable bonds is 2. The van der Waals surface area contributed by atoms with Crippen LogP contribution in [0.2, 0.25) is 0 Å². The van der Waals surface area contributed by atoms with Gasteiger partial charge in [0, 0.05) is 11.6 Å². The second-order valence-electron chi connectivity index (χ2n) is 3.05. The van der Waals surface area contributed by atoms with Gasteiger partial charge in [-0.2, -0.15) is 0 Å². The summed E-state index contributed by atoms with van der Waals surface area (Å²) in [6, 6.07) is 9.37. The van der Waals surface area contributed by atoms with Crippen LogP contribution in [0.5, 0.6) is 0 Å². The van der Waals surface area contributed by atoms with Crippen LogP contribution in [0.15, 0.2) is 36.5 Å². The Kier molecular flexibility index (Phi) is 2.63. The lowest BCUT2D eigenvalue weighted by Crippen LogP contribution is -2.04. The van der Waals surface area contributed by atoms with Crippen LogP contribution in [0, 0.1) is 6.92 Å². The number of carbonyl (C=O) groups excluding carboxylic acids is 1. The number of hydrogen-bond donors (Lipinski definition) is 0. The van der Waals surface area contributed by atoms with Crippen LogP contribution in [-0.4, -0.2) is 17.6 Å². The molecule has 1 aromatic carbocycles. The van der Waals surface area contributed by atoms with Gasteiger partial charge in [0.15, 0.2) is 0 Å². The third-order valence-electron chi connectivity index (χ3n) is 2.06. The molecule has 0 saturated carbocycles. The van der Waals surface area contributed by atoms with E-state index in [9.17, 15) is 4.79 Å². The third kappa shape index (κ3) is 1.96. The van der Waals surface area contributed by atoms with E-state index in [2.05, 4.69) is 11.9 Å². The zero-order valence-corrected chi connectivity index (χ0v) is 8.14.